The van der Waals surface area contributed by atoms with Gasteiger partial charge in [-0.1, -0.05) is 42.5 Å². The molecule has 0 unspecified atom stereocenters. The van der Waals surface area contributed by atoms with Crippen LogP contribution < -0.4 is 0 Å². The molecule has 0 aromatic heterocycles. The van der Waals surface area contributed by atoms with Crippen molar-refractivity contribution in [1.82, 2.24) is 0 Å². The SMILES string of the molecule is CC(=[OH+])c1ccc2c(ccc3ccccc32)c1. The zero-order valence-corrected chi connectivity index (χ0v) is 9.64. The van der Waals surface area contributed by atoms with Gasteiger partial charge in [-0.15, -0.1) is 0 Å². The van der Waals surface area contributed by atoms with Gasteiger partial charge in [-0.05, 0) is 33.7 Å². The van der Waals surface area contributed by atoms with Crippen LogP contribution in [0.2, 0.25) is 0 Å². The second kappa shape index (κ2) is 3.70. The van der Waals surface area contributed by atoms with Crippen LogP contribution in [-0.2, 0) is 0 Å². The lowest BCUT2D eigenvalue weighted by Crippen LogP contribution is -1.92. The third-order valence-corrected chi connectivity index (χ3v) is 3.16. The van der Waals surface area contributed by atoms with E-state index in [9.17, 15) is 4.79 Å². The van der Waals surface area contributed by atoms with Gasteiger partial charge in [0, 0.05) is 0 Å². The highest BCUT2D eigenvalue weighted by atomic mass is 16.1. The van der Waals surface area contributed by atoms with Gasteiger partial charge in [-0.25, -0.2) is 0 Å². The summed E-state index contributed by atoms with van der Waals surface area (Å²) in [6.07, 6.45) is 0. The van der Waals surface area contributed by atoms with Gasteiger partial charge in [-0.2, -0.15) is 0 Å². The monoisotopic (exact) mass is 221 g/mol. The first-order chi connectivity index (χ1) is 8.25. The van der Waals surface area contributed by atoms with Crippen LogP contribution in [0.5, 0.6) is 0 Å². The van der Waals surface area contributed by atoms with Gasteiger partial charge >= 0.3 is 5.78 Å². The van der Waals surface area contributed by atoms with E-state index in [1.807, 2.05) is 18.2 Å². The van der Waals surface area contributed by atoms with Crippen LogP contribution in [0, 0.1) is 0 Å². The Kier molecular flexibility index (Phi) is 2.19. The molecule has 0 saturated heterocycles. The number of benzene rings is 3. The molecule has 3 rings (SSSR count). The molecule has 0 saturated carbocycles. The summed E-state index contributed by atoms with van der Waals surface area (Å²) in [5, 5.41) is 4.90. The van der Waals surface area contributed by atoms with E-state index < -0.39 is 0 Å². The third-order valence-electron chi connectivity index (χ3n) is 3.16. The first kappa shape index (κ1) is 10.0. The second-order valence-corrected chi connectivity index (χ2v) is 4.31. The molecule has 0 atom stereocenters. The average Bonchev–Trinajstić information content (AvgIpc) is 2.38. The van der Waals surface area contributed by atoms with Crippen LogP contribution in [0.1, 0.15) is 12.5 Å². The average molecular weight is 221 g/mol. The molecule has 0 heterocycles. The second-order valence-electron chi connectivity index (χ2n) is 4.31. The van der Waals surface area contributed by atoms with Crippen molar-refractivity contribution in [2.24, 2.45) is 0 Å². The van der Waals surface area contributed by atoms with Crippen molar-refractivity contribution >= 4 is 27.3 Å². The predicted octanol–water partition coefficient (Wildman–Crippen LogP) is 3.91. The summed E-state index contributed by atoms with van der Waals surface area (Å²) in [6, 6.07) is 18.6. The summed E-state index contributed by atoms with van der Waals surface area (Å²) >= 11 is 0. The molecule has 0 aliphatic rings. The number of ketones is 1. The maximum atomic E-state index is 9.51. The van der Waals surface area contributed by atoms with Crippen LogP contribution in [-0.4, -0.2) is 10.6 Å². The Hall–Kier alpha value is -2.15. The number of fused-ring (bicyclic) bond motifs is 3. The van der Waals surface area contributed by atoms with E-state index in [1.165, 1.54) is 16.2 Å². The highest BCUT2D eigenvalue weighted by Gasteiger charge is 2.07. The normalized spacial score (nSPS) is 10.9. The molecule has 1 N–H and O–H groups in total. The molecule has 0 aliphatic heterocycles. The molecule has 1 heteroatoms. The maximum absolute atomic E-state index is 9.51. The van der Waals surface area contributed by atoms with Crippen LogP contribution in [0.3, 0.4) is 0 Å². The molecular weight excluding hydrogens is 208 g/mol. The zero-order chi connectivity index (χ0) is 11.8. The lowest BCUT2D eigenvalue weighted by Gasteiger charge is -2.04. The van der Waals surface area contributed by atoms with E-state index in [1.54, 1.807) is 6.92 Å². The van der Waals surface area contributed by atoms with Crippen molar-refractivity contribution in [3.05, 3.63) is 60.2 Å². The van der Waals surface area contributed by atoms with Crippen molar-refractivity contribution in [3.8, 4) is 0 Å². The number of carbonyl (C=O) groups excluding carboxylic acids is 1. The Morgan fingerprint density at radius 1 is 0.824 bits per heavy atom. The molecular formula is C16H13O+. The first-order valence-corrected chi connectivity index (χ1v) is 5.70. The van der Waals surface area contributed by atoms with E-state index in [2.05, 4.69) is 36.4 Å². The van der Waals surface area contributed by atoms with Gasteiger partial charge in [0.25, 0.3) is 0 Å². The topological polar surface area (TPSA) is 21.4 Å². The molecule has 17 heavy (non-hydrogen) atoms. The minimum Gasteiger partial charge on any atom is -0.278 e. The third kappa shape index (κ3) is 1.60. The Morgan fingerprint density at radius 3 is 2.35 bits per heavy atom. The van der Waals surface area contributed by atoms with Gasteiger partial charge in [0.15, 0.2) is 0 Å². The lowest BCUT2D eigenvalue weighted by molar-refractivity contribution is 0.675. The molecule has 3 aromatic carbocycles. The number of rotatable bonds is 1. The van der Waals surface area contributed by atoms with Crippen molar-refractivity contribution in [1.29, 1.82) is 0 Å². The predicted molar refractivity (Wildman–Crippen MR) is 73.2 cm³/mol. The Bertz CT molecular complexity index is 726. The van der Waals surface area contributed by atoms with Gasteiger partial charge in [-0.3, -0.25) is 4.79 Å². The minimum atomic E-state index is 0.361. The molecule has 82 valence electrons. The lowest BCUT2D eigenvalue weighted by atomic mass is 9.99. The highest BCUT2D eigenvalue weighted by molar-refractivity contribution is 6.09. The highest BCUT2D eigenvalue weighted by Crippen LogP contribution is 2.25. The van der Waals surface area contributed by atoms with Gasteiger partial charge in [0.1, 0.15) is 0 Å². The van der Waals surface area contributed by atoms with Gasteiger partial charge in [0.2, 0.25) is 0 Å². The summed E-state index contributed by atoms with van der Waals surface area (Å²) in [7, 11) is 0. The molecule has 0 spiro atoms. The standard InChI is InChI=1S/C16H12O/c1-11(17)13-8-9-16-14(10-13)7-6-12-4-2-3-5-15(12)16/h2-10H,1H3/p+1. The fraction of sp³-hybridized carbons (Fsp3) is 0.0625. The van der Waals surface area contributed by atoms with E-state index >= 15 is 0 Å². The summed E-state index contributed by atoms with van der Waals surface area (Å²) in [6.45, 7) is 1.71. The Morgan fingerprint density at radius 2 is 1.53 bits per heavy atom. The Labute approximate surface area is 99.7 Å². The van der Waals surface area contributed by atoms with Crippen LogP contribution in [0.4, 0.5) is 0 Å². The van der Waals surface area contributed by atoms with Crippen molar-refractivity contribution in [2.45, 2.75) is 6.92 Å². The van der Waals surface area contributed by atoms with E-state index in [-0.39, 0.29) is 0 Å². The van der Waals surface area contributed by atoms with E-state index in [4.69, 9.17) is 0 Å². The van der Waals surface area contributed by atoms with Crippen LogP contribution in [0.25, 0.3) is 21.5 Å². The summed E-state index contributed by atoms with van der Waals surface area (Å²) < 4.78 is 0. The largest absolute Gasteiger partial charge is 0.320 e. The van der Waals surface area contributed by atoms with Crippen molar-refractivity contribution in [3.63, 3.8) is 0 Å². The van der Waals surface area contributed by atoms with E-state index in [0.29, 0.717) is 5.78 Å². The molecule has 0 bridgehead atoms. The van der Waals surface area contributed by atoms with Crippen molar-refractivity contribution < 1.29 is 4.79 Å². The van der Waals surface area contributed by atoms with E-state index in [0.717, 1.165) is 10.9 Å². The molecule has 1 nitrogen and oxygen atoms in total. The van der Waals surface area contributed by atoms with Gasteiger partial charge < -0.3 is 0 Å². The summed E-state index contributed by atoms with van der Waals surface area (Å²) in [5.41, 5.74) is 0.882. The van der Waals surface area contributed by atoms with Crippen LogP contribution in [0.15, 0.2) is 54.6 Å². The number of hydrogen-bond acceptors (Lipinski definition) is 0. The fourth-order valence-electron chi connectivity index (χ4n) is 2.24. The first-order valence-electron chi connectivity index (χ1n) is 5.70. The molecule has 0 fully saturated rings. The van der Waals surface area contributed by atoms with Gasteiger partial charge in [0.05, 0.1) is 12.5 Å². The summed E-state index contributed by atoms with van der Waals surface area (Å²) in [5.74, 6) is 0.361. The molecule has 3 aromatic rings. The zero-order valence-electron chi connectivity index (χ0n) is 9.64. The molecule has 0 radical (unpaired) electrons. The molecule has 0 aliphatic carbocycles. The molecule has 0 amide bonds. The van der Waals surface area contributed by atoms with Crippen molar-refractivity contribution in [2.75, 3.05) is 0 Å². The Balaban J connectivity index is 2.41. The fourth-order valence-corrected chi connectivity index (χ4v) is 2.24. The minimum absolute atomic E-state index is 0.361. The summed E-state index contributed by atoms with van der Waals surface area (Å²) in [4.78, 5) is 9.51. The maximum Gasteiger partial charge on any atom is 0.320 e. The van der Waals surface area contributed by atoms with Crippen LogP contribution >= 0.6 is 0 Å². The quantitative estimate of drug-likeness (QED) is 0.337. The number of hydrogen-bond donors (Lipinski definition) is 0. The smallest absolute Gasteiger partial charge is 0.278 e.